The number of ether oxygens (including phenoxy) is 2. The zero-order valence-corrected chi connectivity index (χ0v) is 24.0. The molecule has 1 amide bonds. The number of rotatable bonds is 11. The lowest BCUT2D eigenvalue weighted by molar-refractivity contribution is -0.765. The molecule has 9 N–H and O–H groups in total. The van der Waals surface area contributed by atoms with Gasteiger partial charge < -0.3 is 55.7 Å². The zero-order chi connectivity index (χ0) is 32.0. The Hall–Kier alpha value is -3.01. The Labute approximate surface area is 246 Å². The number of carbonyl (C=O) groups excluding carboxylic acids is 1. The van der Waals surface area contributed by atoms with Gasteiger partial charge in [0.1, 0.15) is 47.9 Å². The number of nitrogens with two attached hydrogens (primary N) is 2. The molecule has 44 heavy (non-hydrogen) atoms. The van der Waals surface area contributed by atoms with Crippen LogP contribution in [-0.2, 0) is 32.0 Å². The van der Waals surface area contributed by atoms with Crippen molar-refractivity contribution in [1.82, 2.24) is 19.5 Å². The summed E-state index contributed by atoms with van der Waals surface area (Å²) in [5, 5.41) is 41.6. The average molecular weight is 663 g/mol. The maximum atomic E-state index is 12.4. The van der Waals surface area contributed by atoms with Gasteiger partial charge in [-0.25, -0.2) is 23.8 Å². The van der Waals surface area contributed by atoms with E-state index in [9.17, 15) is 44.1 Å². The van der Waals surface area contributed by atoms with Crippen molar-refractivity contribution in [3.63, 3.8) is 0 Å². The van der Waals surface area contributed by atoms with E-state index in [0.29, 0.717) is 0 Å². The van der Waals surface area contributed by atoms with Crippen LogP contribution in [0.2, 0.25) is 0 Å². The number of phosphoric ester groups is 2. The number of phosphoric acid groups is 2. The van der Waals surface area contributed by atoms with Gasteiger partial charge in [-0.3, -0.25) is 18.5 Å². The number of nitrogen functional groups attached to an aromatic ring is 1. The Morgan fingerprint density at radius 3 is 2.45 bits per heavy atom. The maximum Gasteiger partial charge on any atom is 0.478 e. The number of aliphatic hydroxyl groups is 4. The van der Waals surface area contributed by atoms with Crippen molar-refractivity contribution < 1.29 is 71.5 Å². The number of hydrogen-bond donors (Lipinski definition) is 7. The highest BCUT2D eigenvalue weighted by Crippen LogP contribution is 2.58. The molecule has 0 aliphatic carbocycles. The van der Waals surface area contributed by atoms with E-state index in [-0.39, 0.29) is 22.5 Å². The van der Waals surface area contributed by atoms with Crippen LogP contribution < -0.4 is 20.9 Å². The molecule has 10 atom stereocenters. The Morgan fingerprint density at radius 1 is 1.05 bits per heavy atom. The number of pyridine rings is 1. The molecule has 2 aliphatic heterocycles. The van der Waals surface area contributed by atoms with Gasteiger partial charge in [-0.05, 0) is 6.07 Å². The molecule has 0 aromatic carbocycles. The summed E-state index contributed by atoms with van der Waals surface area (Å²) in [6.45, 7) is -1.89. The standard InChI is InChI=1S/C21H27N7O14P2/c22-17-12-19(25-7-24-17)28(8-26-12)21-16(32)14(30)11(41-21)6-39-44(36,37)42-43(34,35)38-5-10-13(29)15(31)20(40-10)27-3-1-2-9(4-27)18(23)33/h1-4,7-8,10-11,13-16,20-21,29-32H,5-6H2,(H5-,22,23,24,25,33,34,35,36,37)/t10-,11-,13+,14-,15+,16+,20-,21-/m1/s1. The first-order chi connectivity index (χ1) is 20.7. The fourth-order valence-corrected chi connectivity index (χ4v) is 6.62. The van der Waals surface area contributed by atoms with E-state index in [4.69, 9.17) is 20.9 Å². The molecule has 23 heteroatoms. The minimum absolute atomic E-state index is 0.0423. The number of primary amides is 1. The normalized spacial score (nSPS) is 31.6. The second kappa shape index (κ2) is 12.4. The maximum absolute atomic E-state index is 12.4. The summed E-state index contributed by atoms with van der Waals surface area (Å²) in [6, 6.07) is 2.82. The summed E-state index contributed by atoms with van der Waals surface area (Å²) in [7, 11) is -11.0. The number of carbonyl (C=O) groups is 1. The molecule has 2 saturated heterocycles. The van der Waals surface area contributed by atoms with E-state index in [0.717, 1.165) is 6.33 Å². The van der Waals surface area contributed by atoms with E-state index in [1.165, 1.54) is 40.0 Å². The van der Waals surface area contributed by atoms with Crippen molar-refractivity contribution >= 4 is 38.5 Å². The third-order valence-electron chi connectivity index (χ3n) is 6.74. The van der Waals surface area contributed by atoms with Crippen LogP contribution >= 0.6 is 15.6 Å². The third kappa shape index (κ3) is 6.65. The van der Waals surface area contributed by atoms with Crippen molar-refractivity contribution in [3.05, 3.63) is 42.7 Å². The number of nitrogens with zero attached hydrogens (tertiary/aromatic N) is 5. The van der Waals surface area contributed by atoms with Gasteiger partial charge in [0.05, 0.1) is 19.5 Å². The smallest absolute Gasteiger partial charge is 0.478 e. The van der Waals surface area contributed by atoms with E-state index in [2.05, 4.69) is 28.3 Å². The quantitative estimate of drug-likeness (QED) is 0.0768. The van der Waals surface area contributed by atoms with Gasteiger partial charge in [0, 0.05) is 6.07 Å². The number of hydrogen-bond acceptors (Lipinski definition) is 17. The minimum atomic E-state index is -5.62. The molecule has 0 radical (unpaired) electrons. The predicted molar refractivity (Wildman–Crippen MR) is 137 cm³/mol. The molecule has 0 saturated carbocycles. The number of imidazole rings is 1. The SMILES string of the molecule is NC(=O)c1ccc[n+]([C@@H]2O[C@H](COP(=O)(O)OP(=O)([O-])OC[C@H]3O[C@@H](n4cnc5c(N)ncnc54)[C@@H](O)[C@@H]3O)[C@H](O)[C@@H]2O)c1. The number of anilines is 1. The second-order valence-electron chi connectivity index (χ2n) is 9.67. The molecule has 5 rings (SSSR count). The van der Waals surface area contributed by atoms with E-state index >= 15 is 0 Å². The van der Waals surface area contributed by atoms with Crippen LogP contribution in [0.25, 0.3) is 11.2 Å². The van der Waals surface area contributed by atoms with Gasteiger partial charge in [0.2, 0.25) is 0 Å². The molecule has 240 valence electrons. The minimum Gasteiger partial charge on any atom is -0.756 e. The molecular weight excluding hydrogens is 636 g/mol. The van der Waals surface area contributed by atoms with Gasteiger partial charge in [-0.1, -0.05) is 0 Å². The van der Waals surface area contributed by atoms with Crippen molar-refractivity contribution in [3.8, 4) is 0 Å². The van der Waals surface area contributed by atoms with Crippen LogP contribution in [0.4, 0.5) is 5.82 Å². The average Bonchev–Trinajstić information content (AvgIpc) is 3.61. The van der Waals surface area contributed by atoms with Crippen molar-refractivity contribution in [2.45, 2.75) is 49.1 Å². The van der Waals surface area contributed by atoms with Crippen LogP contribution in [0.5, 0.6) is 0 Å². The summed E-state index contributed by atoms with van der Waals surface area (Å²) in [5.41, 5.74) is 11.4. The zero-order valence-electron chi connectivity index (χ0n) is 22.2. The highest BCUT2D eigenvalue weighted by atomic mass is 31.3. The lowest BCUT2D eigenvalue weighted by Crippen LogP contribution is -2.46. The Bertz CT molecular complexity index is 1630. The lowest BCUT2D eigenvalue weighted by atomic mass is 10.1. The van der Waals surface area contributed by atoms with Gasteiger partial charge in [-0.2, -0.15) is 4.57 Å². The highest BCUT2D eigenvalue weighted by Gasteiger charge is 2.49. The van der Waals surface area contributed by atoms with Crippen LogP contribution in [-0.4, -0.2) is 101 Å². The predicted octanol–water partition coefficient (Wildman–Crippen LogP) is -3.65. The molecule has 2 fully saturated rings. The van der Waals surface area contributed by atoms with E-state index in [1.54, 1.807) is 0 Å². The van der Waals surface area contributed by atoms with Gasteiger partial charge in [-0.15, -0.1) is 0 Å². The van der Waals surface area contributed by atoms with Crippen LogP contribution in [0.1, 0.15) is 22.8 Å². The molecule has 5 heterocycles. The largest absolute Gasteiger partial charge is 0.756 e. The monoisotopic (exact) mass is 663 g/mol. The molecule has 0 bridgehead atoms. The van der Waals surface area contributed by atoms with Crippen LogP contribution in [0, 0.1) is 0 Å². The van der Waals surface area contributed by atoms with Gasteiger partial charge in [0.25, 0.3) is 20.0 Å². The molecular formula is C21H27N7O14P2. The Kier molecular flexibility index (Phi) is 9.13. The number of aromatic nitrogens is 5. The van der Waals surface area contributed by atoms with Gasteiger partial charge >= 0.3 is 7.82 Å². The molecule has 3 aromatic heterocycles. The third-order valence-corrected chi connectivity index (χ3v) is 9.30. The summed E-state index contributed by atoms with van der Waals surface area (Å²) >= 11 is 0. The molecule has 2 unspecified atom stereocenters. The number of fused-ring (bicyclic) bond motifs is 1. The molecule has 21 nitrogen and oxygen atoms in total. The summed E-state index contributed by atoms with van der Waals surface area (Å²) in [6.07, 6.45) is -7.05. The fourth-order valence-electron chi connectivity index (χ4n) is 4.57. The van der Waals surface area contributed by atoms with E-state index < -0.39 is 83.8 Å². The van der Waals surface area contributed by atoms with Gasteiger partial charge in [0.15, 0.2) is 36.2 Å². The Balaban J connectivity index is 1.16. The lowest BCUT2D eigenvalue weighted by Gasteiger charge is -2.26. The summed E-state index contributed by atoms with van der Waals surface area (Å²) in [4.78, 5) is 45.5. The number of amides is 1. The van der Waals surface area contributed by atoms with Crippen molar-refractivity contribution in [2.24, 2.45) is 5.73 Å². The highest BCUT2D eigenvalue weighted by molar-refractivity contribution is 7.60. The second-order valence-corrected chi connectivity index (χ2v) is 12.7. The fraction of sp³-hybridized carbons (Fsp3) is 0.476. The first-order valence-electron chi connectivity index (χ1n) is 12.6. The number of aliphatic hydroxyl groups excluding tert-OH is 4. The molecule has 0 spiro atoms. The first-order valence-corrected chi connectivity index (χ1v) is 15.5. The topological polar surface area (TPSA) is 321 Å². The molecule has 3 aromatic rings. The van der Waals surface area contributed by atoms with E-state index in [1.807, 2.05) is 0 Å². The first kappa shape index (κ1) is 32.4. The van der Waals surface area contributed by atoms with Crippen molar-refractivity contribution in [1.29, 1.82) is 0 Å². The van der Waals surface area contributed by atoms with Crippen molar-refractivity contribution in [2.75, 3.05) is 18.9 Å². The summed E-state index contributed by atoms with van der Waals surface area (Å²) < 4.78 is 51.5. The summed E-state index contributed by atoms with van der Waals surface area (Å²) in [5.74, 6) is -0.729. The molecule has 2 aliphatic rings. The van der Waals surface area contributed by atoms with Crippen LogP contribution in [0.3, 0.4) is 0 Å². The van der Waals surface area contributed by atoms with Crippen LogP contribution in [0.15, 0.2) is 37.2 Å². The Morgan fingerprint density at radius 2 is 1.73 bits per heavy atom.